The van der Waals surface area contributed by atoms with Gasteiger partial charge in [0.25, 0.3) is 0 Å². The highest BCUT2D eigenvalue weighted by molar-refractivity contribution is 9.10. The molecule has 0 unspecified atom stereocenters. The summed E-state index contributed by atoms with van der Waals surface area (Å²) in [7, 11) is -3.39. The molecule has 0 saturated carbocycles. The second-order valence-corrected chi connectivity index (χ2v) is 6.48. The number of aryl methyl sites for hydroxylation is 1. The summed E-state index contributed by atoms with van der Waals surface area (Å²) in [5.41, 5.74) is 0.753. The van der Waals surface area contributed by atoms with E-state index in [4.69, 9.17) is 0 Å². The lowest BCUT2D eigenvalue weighted by Crippen LogP contribution is -2.56. The standard InChI is InChI=1S/C10H13BrN2O2S/c1-7-2-3-8(11)4-10(7)16(14,15)13-9-5-12-6-9/h2-4,9,12-13H,5-6H2,1H3. The maximum absolute atomic E-state index is 12.0. The van der Waals surface area contributed by atoms with Crippen molar-refractivity contribution in [1.29, 1.82) is 0 Å². The largest absolute Gasteiger partial charge is 0.313 e. The molecule has 1 heterocycles. The van der Waals surface area contributed by atoms with Crippen molar-refractivity contribution in [2.45, 2.75) is 17.9 Å². The molecule has 4 nitrogen and oxygen atoms in total. The van der Waals surface area contributed by atoms with E-state index in [1.165, 1.54) is 0 Å². The molecule has 0 radical (unpaired) electrons. The Morgan fingerprint density at radius 1 is 1.44 bits per heavy atom. The van der Waals surface area contributed by atoms with Gasteiger partial charge >= 0.3 is 0 Å². The molecule has 0 spiro atoms. The molecule has 0 atom stereocenters. The van der Waals surface area contributed by atoms with Crippen molar-refractivity contribution >= 4 is 26.0 Å². The van der Waals surface area contributed by atoms with Crippen molar-refractivity contribution in [1.82, 2.24) is 10.0 Å². The molecular formula is C10H13BrN2O2S. The molecule has 1 saturated heterocycles. The molecule has 2 N–H and O–H groups in total. The Kier molecular flexibility index (Phi) is 3.34. The van der Waals surface area contributed by atoms with Crippen LogP contribution in [0, 0.1) is 6.92 Å². The predicted octanol–water partition coefficient (Wildman–Crippen LogP) is 1.01. The Morgan fingerprint density at radius 2 is 2.12 bits per heavy atom. The van der Waals surface area contributed by atoms with Crippen LogP contribution in [0.3, 0.4) is 0 Å². The zero-order valence-electron chi connectivity index (χ0n) is 8.83. The fraction of sp³-hybridized carbons (Fsp3) is 0.400. The van der Waals surface area contributed by atoms with Gasteiger partial charge in [0.05, 0.1) is 4.90 Å². The second kappa shape index (κ2) is 4.44. The van der Waals surface area contributed by atoms with Crippen molar-refractivity contribution < 1.29 is 8.42 Å². The monoisotopic (exact) mass is 304 g/mol. The van der Waals surface area contributed by atoms with E-state index < -0.39 is 10.0 Å². The van der Waals surface area contributed by atoms with Gasteiger partial charge in [-0.2, -0.15) is 0 Å². The van der Waals surface area contributed by atoms with Gasteiger partial charge in [-0.3, -0.25) is 0 Å². The molecule has 1 fully saturated rings. The Labute approximate surface area is 104 Å². The Balaban J connectivity index is 2.30. The van der Waals surface area contributed by atoms with Crippen LogP contribution < -0.4 is 10.0 Å². The Bertz CT molecular complexity index is 498. The minimum absolute atomic E-state index is 0.0170. The van der Waals surface area contributed by atoms with Crippen LogP contribution in [-0.4, -0.2) is 27.5 Å². The average molecular weight is 305 g/mol. The molecule has 0 aromatic heterocycles. The van der Waals surface area contributed by atoms with E-state index in [0.717, 1.165) is 10.0 Å². The third-order valence-electron chi connectivity index (χ3n) is 2.54. The molecule has 0 amide bonds. The number of sulfonamides is 1. The van der Waals surface area contributed by atoms with Gasteiger partial charge in [-0.05, 0) is 24.6 Å². The van der Waals surface area contributed by atoms with Crippen LogP contribution >= 0.6 is 15.9 Å². The maximum Gasteiger partial charge on any atom is 0.241 e. The second-order valence-electron chi connectivity index (χ2n) is 3.89. The van der Waals surface area contributed by atoms with E-state index >= 15 is 0 Å². The van der Waals surface area contributed by atoms with Crippen LogP contribution in [0.5, 0.6) is 0 Å². The highest BCUT2D eigenvalue weighted by Crippen LogP contribution is 2.20. The molecule has 0 bridgehead atoms. The number of hydrogen-bond donors (Lipinski definition) is 2. The zero-order valence-corrected chi connectivity index (χ0v) is 11.2. The highest BCUT2D eigenvalue weighted by Gasteiger charge is 2.25. The van der Waals surface area contributed by atoms with E-state index in [1.54, 1.807) is 19.1 Å². The molecule has 1 aromatic rings. The first-order valence-electron chi connectivity index (χ1n) is 4.98. The summed E-state index contributed by atoms with van der Waals surface area (Å²) in [4.78, 5) is 0.341. The van der Waals surface area contributed by atoms with Gasteiger partial charge in [-0.25, -0.2) is 13.1 Å². The minimum atomic E-state index is -3.39. The predicted molar refractivity (Wildman–Crippen MR) is 65.9 cm³/mol. The van der Waals surface area contributed by atoms with Crippen molar-refractivity contribution in [3.05, 3.63) is 28.2 Å². The number of halogens is 1. The van der Waals surface area contributed by atoms with Crippen molar-refractivity contribution in [3.8, 4) is 0 Å². The van der Waals surface area contributed by atoms with Crippen molar-refractivity contribution in [3.63, 3.8) is 0 Å². The lowest BCUT2D eigenvalue weighted by atomic mass is 10.2. The third-order valence-corrected chi connectivity index (χ3v) is 4.70. The number of nitrogens with one attached hydrogen (secondary N) is 2. The van der Waals surface area contributed by atoms with Gasteiger partial charge in [0, 0.05) is 23.6 Å². The Morgan fingerprint density at radius 3 is 2.69 bits per heavy atom. The van der Waals surface area contributed by atoms with Crippen molar-refractivity contribution in [2.24, 2.45) is 0 Å². The molecule has 1 aromatic carbocycles. The van der Waals surface area contributed by atoms with E-state index in [9.17, 15) is 8.42 Å². The molecule has 16 heavy (non-hydrogen) atoms. The quantitative estimate of drug-likeness (QED) is 0.876. The van der Waals surface area contributed by atoms with Crippen LogP contribution in [0.2, 0.25) is 0 Å². The first-order chi connectivity index (χ1) is 7.49. The first kappa shape index (κ1) is 12.0. The lowest BCUT2D eigenvalue weighted by molar-refractivity contribution is 0.410. The molecule has 2 rings (SSSR count). The van der Waals surface area contributed by atoms with Crippen LogP contribution in [0.15, 0.2) is 27.6 Å². The van der Waals surface area contributed by atoms with E-state index in [2.05, 4.69) is 26.0 Å². The van der Waals surface area contributed by atoms with Crippen LogP contribution in [-0.2, 0) is 10.0 Å². The minimum Gasteiger partial charge on any atom is -0.313 e. The summed E-state index contributed by atoms with van der Waals surface area (Å²) in [5, 5.41) is 3.03. The molecule has 6 heteroatoms. The first-order valence-corrected chi connectivity index (χ1v) is 7.26. The number of benzene rings is 1. The summed E-state index contributed by atoms with van der Waals surface area (Å²) in [5.74, 6) is 0. The highest BCUT2D eigenvalue weighted by atomic mass is 79.9. The lowest BCUT2D eigenvalue weighted by Gasteiger charge is -2.27. The fourth-order valence-electron chi connectivity index (χ4n) is 1.52. The number of hydrogen-bond acceptors (Lipinski definition) is 3. The van der Waals surface area contributed by atoms with Gasteiger partial charge in [0.15, 0.2) is 0 Å². The normalized spacial score (nSPS) is 17.1. The van der Waals surface area contributed by atoms with Gasteiger partial charge in [0.1, 0.15) is 0 Å². The van der Waals surface area contributed by atoms with Crippen LogP contribution in [0.25, 0.3) is 0 Å². The van der Waals surface area contributed by atoms with E-state index in [-0.39, 0.29) is 6.04 Å². The van der Waals surface area contributed by atoms with Gasteiger partial charge in [0.2, 0.25) is 10.0 Å². The van der Waals surface area contributed by atoms with Crippen LogP contribution in [0.4, 0.5) is 0 Å². The SMILES string of the molecule is Cc1ccc(Br)cc1S(=O)(=O)NC1CNC1. The topological polar surface area (TPSA) is 58.2 Å². The van der Waals surface area contributed by atoms with Gasteiger partial charge in [-0.1, -0.05) is 22.0 Å². The van der Waals surface area contributed by atoms with Gasteiger partial charge < -0.3 is 5.32 Å². The van der Waals surface area contributed by atoms with E-state index in [0.29, 0.717) is 18.0 Å². The summed E-state index contributed by atoms with van der Waals surface area (Å²) < 4.78 is 27.5. The van der Waals surface area contributed by atoms with Crippen molar-refractivity contribution in [2.75, 3.05) is 13.1 Å². The summed E-state index contributed by atoms with van der Waals surface area (Å²) >= 11 is 3.28. The molecule has 1 aliphatic heterocycles. The molecule has 88 valence electrons. The zero-order chi connectivity index (χ0) is 11.8. The maximum atomic E-state index is 12.0. The fourth-order valence-corrected chi connectivity index (χ4v) is 3.54. The molecule has 0 aliphatic carbocycles. The third kappa shape index (κ3) is 2.45. The smallest absolute Gasteiger partial charge is 0.241 e. The van der Waals surface area contributed by atoms with E-state index in [1.807, 2.05) is 6.07 Å². The summed E-state index contributed by atoms with van der Waals surface area (Å²) in [6.07, 6.45) is 0. The number of rotatable bonds is 3. The molecular weight excluding hydrogens is 292 g/mol. The summed E-state index contributed by atoms with van der Waals surface area (Å²) in [6.45, 7) is 3.19. The Hall–Kier alpha value is -0.430. The van der Waals surface area contributed by atoms with Crippen LogP contribution in [0.1, 0.15) is 5.56 Å². The summed E-state index contributed by atoms with van der Waals surface area (Å²) in [6, 6.07) is 5.27. The van der Waals surface area contributed by atoms with Gasteiger partial charge in [-0.15, -0.1) is 0 Å². The molecule has 1 aliphatic rings. The average Bonchev–Trinajstić information content (AvgIpc) is 2.16.